The standard InChI is InChI=1S/C40H33NO9/c42-37(30-18-8-2-9-19-30)46-28-35(49-39(44)32-22-12-4-13-23-32)36(50-40(45)33-24-14-5-15-25-33)34(48-38(43)31-20-10-3-11-21-31)26-41-47-27-29-16-6-1-7-17-29/h1-26,34-36H,27-28H2/b41-26+/t34-,35+,36-/m0/s1. The summed E-state index contributed by atoms with van der Waals surface area (Å²) in [6.45, 7) is -0.511. The van der Waals surface area contributed by atoms with E-state index >= 15 is 0 Å². The topological polar surface area (TPSA) is 127 Å². The van der Waals surface area contributed by atoms with Crippen LogP contribution in [0, 0.1) is 0 Å². The minimum atomic E-state index is -1.59. The van der Waals surface area contributed by atoms with Crippen LogP contribution in [-0.2, 0) is 30.4 Å². The smallest absolute Gasteiger partial charge is 0.338 e. The molecule has 0 N–H and O–H groups in total. The minimum absolute atomic E-state index is 0.0757. The lowest BCUT2D eigenvalue weighted by Gasteiger charge is -2.30. The highest BCUT2D eigenvalue weighted by Gasteiger charge is 2.39. The summed E-state index contributed by atoms with van der Waals surface area (Å²) < 4.78 is 23.3. The Labute approximate surface area is 288 Å². The van der Waals surface area contributed by atoms with Gasteiger partial charge in [0.05, 0.1) is 28.5 Å². The maximum atomic E-state index is 13.6. The van der Waals surface area contributed by atoms with Crippen LogP contribution in [0.2, 0.25) is 0 Å². The van der Waals surface area contributed by atoms with Gasteiger partial charge in [0.15, 0.2) is 18.3 Å². The van der Waals surface area contributed by atoms with E-state index in [9.17, 15) is 19.2 Å². The summed E-state index contributed by atoms with van der Waals surface area (Å²) in [6.07, 6.45) is -3.46. The molecule has 3 atom stereocenters. The van der Waals surface area contributed by atoms with E-state index < -0.39 is 48.8 Å². The molecule has 0 spiro atoms. The number of carbonyl (C=O) groups is 4. The van der Waals surface area contributed by atoms with E-state index in [1.54, 1.807) is 97.1 Å². The van der Waals surface area contributed by atoms with Gasteiger partial charge in [-0.15, -0.1) is 0 Å². The molecule has 0 aliphatic heterocycles. The Hall–Kier alpha value is -6.55. The maximum Gasteiger partial charge on any atom is 0.338 e. The van der Waals surface area contributed by atoms with Crippen molar-refractivity contribution in [3.63, 3.8) is 0 Å². The molecule has 0 amide bonds. The highest BCUT2D eigenvalue weighted by molar-refractivity contribution is 5.92. The Kier molecular flexibility index (Phi) is 12.6. The summed E-state index contributed by atoms with van der Waals surface area (Å²) in [6, 6.07) is 41.7. The molecule has 10 heteroatoms. The molecule has 252 valence electrons. The van der Waals surface area contributed by atoms with Gasteiger partial charge in [0, 0.05) is 0 Å². The average molecular weight is 672 g/mol. The zero-order chi connectivity index (χ0) is 35.0. The summed E-state index contributed by atoms with van der Waals surface area (Å²) in [5.74, 6) is -3.15. The maximum absolute atomic E-state index is 13.6. The molecule has 0 unspecified atom stereocenters. The van der Waals surface area contributed by atoms with Gasteiger partial charge in [-0.3, -0.25) is 0 Å². The molecule has 0 aromatic heterocycles. The number of ether oxygens (including phenoxy) is 4. The number of rotatable bonds is 15. The number of benzene rings is 5. The van der Waals surface area contributed by atoms with E-state index in [1.807, 2.05) is 30.3 Å². The van der Waals surface area contributed by atoms with E-state index in [4.69, 9.17) is 23.8 Å². The fourth-order valence-electron chi connectivity index (χ4n) is 4.65. The van der Waals surface area contributed by atoms with Crippen molar-refractivity contribution in [2.45, 2.75) is 24.9 Å². The Morgan fingerprint density at radius 3 is 1.38 bits per heavy atom. The van der Waals surface area contributed by atoms with E-state index in [0.29, 0.717) is 0 Å². The molecule has 5 rings (SSSR count). The number of oxime groups is 1. The summed E-state index contributed by atoms with van der Waals surface area (Å²) >= 11 is 0. The van der Waals surface area contributed by atoms with Gasteiger partial charge in [0.1, 0.15) is 13.2 Å². The predicted molar refractivity (Wildman–Crippen MR) is 183 cm³/mol. The summed E-state index contributed by atoms with van der Waals surface area (Å²) in [5.41, 5.74) is 1.59. The zero-order valence-electron chi connectivity index (χ0n) is 26.8. The third kappa shape index (κ3) is 10.2. The van der Waals surface area contributed by atoms with Crippen LogP contribution in [0.4, 0.5) is 0 Å². The van der Waals surface area contributed by atoms with Gasteiger partial charge in [-0.1, -0.05) is 108 Å². The molecule has 0 radical (unpaired) electrons. The van der Waals surface area contributed by atoms with Crippen molar-refractivity contribution in [3.8, 4) is 0 Å². The Morgan fingerprint density at radius 1 is 0.500 bits per heavy atom. The first kappa shape index (κ1) is 34.8. The number of hydrogen-bond acceptors (Lipinski definition) is 10. The summed E-state index contributed by atoms with van der Waals surface area (Å²) in [4.78, 5) is 59.0. The van der Waals surface area contributed by atoms with E-state index in [-0.39, 0.29) is 28.9 Å². The number of esters is 4. The SMILES string of the molecule is O=C(OC[C@@H](OC(=O)c1ccccc1)[C@@H](OC(=O)c1ccccc1)[C@H](/C=N/OCc1ccccc1)OC(=O)c1ccccc1)c1ccccc1. The molecule has 0 aliphatic carbocycles. The van der Waals surface area contributed by atoms with Crippen molar-refractivity contribution in [2.75, 3.05) is 6.61 Å². The minimum Gasteiger partial charge on any atom is -0.458 e. The molecular formula is C40H33NO9. The van der Waals surface area contributed by atoms with Crippen LogP contribution >= 0.6 is 0 Å². The summed E-state index contributed by atoms with van der Waals surface area (Å²) in [7, 11) is 0. The second-order valence-electron chi connectivity index (χ2n) is 10.8. The average Bonchev–Trinajstić information content (AvgIpc) is 3.18. The molecule has 10 nitrogen and oxygen atoms in total. The van der Waals surface area contributed by atoms with Crippen molar-refractivity contribution in [1.82, 2.24) is 0 Å². The quantitative estimate of drug-likeness (QED) is 0.0516. The van der Waals surface area contributed by atoms with Crippen LogP contribution in [0.1, 0.15) is 47.0 Å². The Balaban J connectivity index is 1.51. The fourth-order valence-corrected chi connectivity index (χ4v) is 4.65. The predicted octanol–water partition coefficient (Wildman–Crippen LogP) is 6.72. The molecule has 0 saturated heterocycles. The molecule has 0 aliphatic rings. The molecule has 0 heterocycles. The Bertz CT molecular complexity index is 1850. The highest BCUT2D eigenvalue weighted by atomic mass is 16.6. The Morgan fingerprint density at radius 2 is 0.900 bits per heavy atom. The van der Waals surface area contributed by atoms with Crippen LogP contribution in [0.15, 0.2) is 157 Å². The molecule has 5 aromatic carbocycles. The van der Waals surface area contributed by atoms with Gasteiger partial charge in [-0.25, -0.2) is 19.2 Å². The van der Waals surface area contributed by atoms with Crippen LogP contribution in [0.5, 0.6) is 0 Å². The van der Waals surface area contributed by atoms with Gasteiger partial charge in [-0.05, 0) is 54.1 Å². The number of hydrogen-bond donors (Lipinski definition) is 0. The fraction of sp³-hybridized carbons (Fsp3) is 0.125. The lowest BCUT2D eigenvalue weighted by atomic mass is 10.1. The normalized spacial score (nSPS) is 12.6. The van der Waals surface area contributed by atoms with Gasteiger partial charge >= 0.3 is 23.9 Å². The van der Waals surface area contributed by atoms with Crippen LogP contribution < -0.4 is 0 Å². The number of nitrogens with zero attached hydrogens (tertiary/aromatic N) is 1. The van der Waals surface area contributed by atoms with Crippen molar-refractivity contribution in [1.29, 1.82) is 0 Å². The van der Waals surface area contributed by atoms with Crippen LogP contribution in [0.3, 0.4) is 0 Å². The second kappa shape index (κ2) is 18.1. The molecule has 0 bridgehead atoms. The molecule has 0 fully saturated rings. The largest absolute Gasteiger partial charge is 0.458 e. The summed E-state index contributed by atoms with van der Waals surface area (Å²) in [5, 5.41) is 4.04. The van der Waals surface area contributed by atoms with Crippen LogP contribution in [-0.4, -0.2) is 55.0 Å². The first-order valence-electron chi connectivity index (χ1n) is 15.7. The van der Waals surface area contributed by atoms with Gasteiger partial charge in [-0.2, -0.15) is 0 Å². The lowest BCUT2D eigenvalue weighted by molar-refractivity contribution is -0.0863. The first-order chi connectivity index (χ1) is 24.5. The van der Waals surface area contributed by atoms with Crippen molar-refractivity contribution >= 4 is 30.1 Å². The second-order valence-corrected chi connectivity index (χ2v) is 10.8. The third-order valence-electron chi connectivity index (χ3n) is 7.21. The van der Waals surface area contributed by atoms with Crippen LogP contribution in [0.25, 0.3) is 0 Å². The van der Waals surface area contributed by atoms with Crippen molar-refractivity contribution in [2.24, 2.45) is 5.16 Å². The third-order valence-corrected chi connectivity index (χ3v) is 7.21. The molecular weight excluding hydrogens is 638 g/mol. The van der Waals surface area contributed by atoms with Crippen molar-refractivity contribution in [3.05, 3.63) is 179 Å². The van der Waals surface area contributed by atoms with E-state index in [1.165, 1.54) is 24.3 Å². The van der Waals surface area contributed by atoms with Gasteiger partial charge < -0.3 is 23.8 Å². The number of carbonyl (C=O) groups excluding carboxylic acids is 4. The first-order valence-corrected chi connectivity index (χ1v) is 15.7. The molecule has 0 saturated carbocycles. The molecule has 50 heavy (non-hydrogen) atoms. The zero-order valence-corrected chi connectivity index (χ0v) is 26.8. The van der Waals surface area contributed by atoms with Gasteiger partial charge in [0.2, 0.25) is 0 Å². The monoisotopic (exact) mass is 671 g/mol. The van der Waals surface area contributed by atoms with E-state index in [2.05, 4.69) is 5.16 Å². The van der Waals surface area contributed by atoms with E-state index in [0.717, 1.165) is 11.8 Å². The van der Waals surface area contributed by atoms with Crippen molar-refractivity contribution < 1.29 is 43.0 Å². The molecule has 5 aromatic rings. The highest BCUT2D eigenvalue weighted by Crippen LogP contribution is 2.20. The van der Waals surface area contributed by atoms with Gasteiger partial charge in [0.25, 0.3) is 0 Å². The lowest BCUT2D eigenvalue weighted by Crippen LogP contribution is -2.48.